The van der Waals surface area contributed by atoms with Gasteiger partial charge in [0.25, 0.3) is 0 Å². The van der Waals surface area contributed by atoms with Crippen molar-refractivity contribution in [1.29, 1.82) is 0 Å². The summed E-state index contributed by atoms with van der Waals surface area (Å²) in [6, 6.07) is 63.8. The molecule has 0 aliphatic rings. The van der Waals surface area contributed by atoms with Crippen molar-refractivity contribution in [2.45, 2.75) is 0 Å². The highest BCUT2D eigenvalue weighted by Crippen LogP contribution is 2.42. The van der Waals surface area contributed by atoms with E-state index in [9.17, 15) is 0 Å². The monoisotopic (exact) mass is 709 g/mol. The highest BCUT2D eigenvalue weighted by atomic mass is 14.7. The molecule has 3 heterocycles. The van der Waals surface area contributed by atoms with Crippen molar-refractivity contribution in [3.8, 4) is 33.5 Å². The van der Waals surface area contributed by atoms with Gasteiger partial charge in [-0.1, -0.05) is 140 Å². The minimum atomic E-state index is 0.931. The van der Waals surface area contributed by atoms with Crippen LogP contribution in [0.4, 0.5) is 0 Å². The Bertz CT molecular complexity index is 3550. The molecule has 3 heteroatoms. The van der Waals surface area contributed by atoms with Crippen LogP contribution in [0.2, 0.25) is 0 Å². The Hall–Kier alpha value is -7.49. The molecule has 0 bridgehead atoms. The van der Waals surface area contributed by atoms with Crippen LogP contribution in [0.1, 0.15) is 0 Å². The third kappa shape index (κ3) is 4.61. The van der Waals surface area contributed by atoms with E-state index in [4.69, 9.17) is 9.97 Å². The third-order valence-electron chi connectivity index (χ3n) is 11.7. The maximum Gasteiger partial charge on any atom is 0.0970 e. The Balaban J connectivity index is 0.994. The maximum atomic E-state index is 5.23. The first-order valence-electron chi connectivity index (χ1n) is 19.1. The molecule has 0 radical (unpaired) electrons. The fourth-order valence-electron chi connectivity index (χ4n) is 9.08. The van der Waals surface area contributed by atoms with Crippen LogP contribution in [0.3, 0.4) is 0 Å². The van der Waals surface area contributed by atoms with Crippen LogP contribution in [0.15, 0.2) is 188 Å². The lowest BCUT2D eigenvalue weighted by molar-refractivity contribution is 1.37. The molecule has 12 rings (SSSR count). The maximum absolute atomic E-state index is 5.23. The molecule has 3 aromatic heterocycles. The summed E-state index contributed by atoms with van der Waals surface area (Å²) in [6.07, 6.45) is 3.70. The van der Waals surface area contributed by atoms with Crippen molar-refractivity contribution in [3.63, 3.8) is 0 Å². The molecule has 0 spiro atoms. The molecule has 12 aromatic rings. The summed E-state index contributed by atoms with van der Waals surface area (Å²) in [4.78, 5) is 14.7. The summed E-state index contributed by atoms with van der Waals surface area (Å²) in [5.74, 6) is 0. The predicted octanol–water partition coefficient (Wildman–Crippen LogP) is 14.1. The van der Waals surface area contributed by atoms with Crippen molar-refractivity contribution >= 4 is 86.6 Å². The van der Waals surface area contributed by atoms with E-state index in [1.165, 1.54) is 81.5 Å². The molecule has 9 aromatic carbocycles. The Morgan fingerprint density at radius 1 is 0.304 bits per heavy atom. The summed E-state index contributed by atoms with van der Waals surface area (Å²) in [5, 5.41) is 15.8. The van der Waals surface area contributed by atoms with E-state index in [-0.39, 0.29) is 0 Å². The molecule has 3 nitrogen and oxygen atoms in total. The molecule has 0 saturated carbocycles. The summed E-state index contributed by atoms with van der Waals surface area (Å²) in [7, 11) is 0. The lowest BCUT2D eigenvalue weighted by Crippen LogP contribution is -1.91. The van der Waals surface area contributed by atoms with Crippen LogP contribution in [-0.2, 0) is 0 Å². The first-order valence-corrected chi connectivity index (χ1v) is 19.1. The summed E-state index contributed by atoms with van der Waals surface area (Å²) < 4.78 is 0. The Morgan fingerprint density at radius 2 is 0.857 bits per heavy atom. The second-order valence-electron chi connectivity index (χ2n) is 14.7. The number of pyridine rings is 3. The van der Waals surface area contributed by atoms with E-state index in [1.807, 2.05) is 24.5 Å². The Kier molecular flexibility index (Phi) is 6.63. The lowest BCUT2D eigenvalue weighted by Gasteiger charge is -2.15. The molecular weight excluding hydrogens is 679 g/mol. The molecule has 0 aliphatic heterocycles. The van der Waals surface area contributed by atoms with Gasteiger partial charge in [-0.15, -0.1) is 0 Å². The minimum absolute atomic E-state index is 0.931. The van der Waals surface area contributed by atoms with Gasteiger partial charge >= 0.3 is 0 Å². The second-order valence-corrected chi connectivity index (χ2v) is 14.7. The Labute approximate surface area is 322 Å². The van der Waals surface area contributed by atoms with Gasteiger partial charge in [0.1, 0.15) is 0 Å². The molecule has 0 fully saturated rings. The van der Waals surface area contributed by atoms with E-state index in [2.05, 4.69) is 169 Å². The van der Waals surface area contributed by atoms with Gasteiger partial charge in [0.2, 0.25) is 0 Å². The van der Waals surface area contributed by atoms with Crippen molar-refractivity contribution in [2.24, 2.45) is 0 Å². The summed E-state index contributed by atoms with van der Waals surface area (Å²) in [6.45, 7) is 0. The van der Waals surface area contributed by atoms with E-state index in [0.717, 1.165) is 38.6 Å². The van der Waals surface area contributed by atoms with Gasteiger partial charge in [-0.05, 0) is 102 Å². The fraction of sp³-hybridized carbons (Fsp3) is 0. The molecule has 0 atom stereocenters. The normalized spacial score (nSPS) is 11.9. The van der Waals surface area contributed by atoms with Gasteiger partial charge in [0.15, 0.2) is 0 Å². The average molecular weight is 710 g/mol. The zero-order valence-electron chi connectivity index (χ0n) is 30.2. The van der Waals surface area contributed by atoms with Crippen LogP contribution in [0, 0.1) is 0 Å². The van der Waals surface area contributed by atoms with Gasteiger partial charge in [0, 0.05) is 44.9 Å². The van der Waals surface area contributed by atoms with Crippen molar-refractivity contribution in [1.82, 2.24) is 15.0 Å². The smallest absolute Gasteiger partial charge is 0.0970 e. The summed E-state index contributed by atoms with van der Waals surface area (Å²) in [5.41, 5.74) is 9.70. The summed E-state index contributed by atoms with van der Waals surface area (Å²) >= 11 is 0. The standard InChI is InChI=1S/C53H31N3/c1-2-11-38-33(9-1)21-26-45-50(38)44-14-5-6-16-49(44)56-51(45)34-19-17-32(18-20-34)35-22-24-41-42-25-23-36(30-48(42)40-13-4-3-12-39(40)47(41)29-35)46-31-37-10-7-27-54-52(37)53-43(46)15-8-28-55-53/h1-31H. The quantitative estimate of drug-likeness (QED) is 0.171. The lowest BCUT2D eigenvalue weighted by atomic mass is 9.89. The molecule has 56 heavy (non-hydrogen) atoms. The van der Waals surface area contributed by atoms with Gasteiger partial charge in [-0.2, -0.15) is 0 Å². The Morgan fingerprint density at radius 3 is 1.66 bits per heavy atom. The van der Waals surface area contributed by atoms with Crippen molar-refractivity contribution < 1.29 is 0 Å². The molecular formula is C53H31N3. The van der Waals surface area contributed by atoms with Crippen LogP contribution in [0.25, 0.3) is 120 Å². The largest absolute Gasteiger partial charge is 0.254 e. The fourth-order valence-corrected chi connectivity index (χ4v) is 9.08. The molecule has 0 unspecified atom stereocenters. The van der Waals surface area contributed by atoms with E-state index < -0.39 is 0 Å². The topological polar surface area (TPSA) is 38.7 Å². The van der Waals surface area contributed by atoms with Crippen LogP contribution >= 0.6 is 0 Å². The number of benzene rings is 9. The van der Waals surface area contributed by atoms with Gasteiger partial charge in [-0.3, -0.25) is 9.97 Å². The predicted molar refractivity (Wildman–Crippen MR) is 236 cm³/mol. The third-order valence-corrected chi connectivity index (χ3v) is 11.7. The van der Waals surface area contributed by atoms with Gasteiger partial charge in [-0.25, -0.2) is 4.98 Å². The molecule has 0 saturated heterocycles. The number of hydrogen-bond donors (Lipinski definition) is 0. The number of nitrogens with zero attached hydrogens (tertiary/aromatic N) is 3. The van der Waals surface area contributed by atoms with Crippen molar-refractivity contribution in [2.75, 3.05) is 0 Å². The van der Waals surface area contributed by atoms with E-state index in [1.54, 1.807) is 0 Å². The molecule has 0 N–H and O–H groups in total. The zero-order valence-corrected chi connectivity index (χ0v) is 30.2. The molecule has 258 valence electrons. The van der Waals surface area contributed by atoms with Crippen molar-refractivity contribution in [3.05, 3.63) is 188 Å². The molecule has 0 aliphatic carbocycles. The highest BCUT2D eigenvalue weighted by Gasteiger charge is 2.16. The number of para-hydroxylation sites is 1. The van der Waals surface area contributed by atoms with Crippen LogP contribution in [-0.4, -0.2) is 15.0 Å². The van der Waals surface area contributed by atoms with E-state index >= 15 is 0 Å². The van der Waals surface area contributed by atoms with Gasteiger partial charge < -0.3 is 0 Å². The first-order chi connectivity index (χ1) is 27.8. The number of fused-ring (bicyclic) bond motifs is 14. The zero-order chi connectivity index (χ0) is 36.7. The number of rotatable bonds is 3. The number of aromatic nitrogens is 3. The average Bonchev–Trinajstić information content (AvgIpc) is 3.28. The van der Waals surface area contributed by atoms with Crippen LogP contribution < -0.4 is 0 Å². The molecule has 0 amide bonds. The van der Waals surface area contributed by atoms with Crippen LogP contribution in [0.5, 0.6) is 0 Å². The SMILES string of the molecule is c1ccc2c(c1)ccc1c(-c3ccc(-c4ccc5c6ccc(-c7cc8cccnc8c8ncccc78)cc6c6ccccc6c5c4)cc3)nc3ccccc3c12. The first kappa shape index (κ1) is 30.9. The van der Waals surface area contributed by atoms with E-state index in [0.29, 0.717) is 0 Å². The second kappa shape index (κ2) is 12.0. The highest BCUT2D eigenvalue weighted by molar-refractivity contribution is 6.27. The minimum Gasteiger partial charge on any atom is -0.254 e. The number of hydrogen-bond acceptors (Lipinski definition) is 3. The van der Waals surface area contributed by atoms with Gasteiger partial charge in [0.05, 0.1) is 22.2 Å².